The molecule has 0 heterocycles. The number of Topliss-reactive ketones (excluding diaryl/α,β-unsaturated/α-hetero) is 1. The molecule has 0 radical (unpaired) electrons. The molecule has 0 aliphatic heterocycles. The van der Waals surface area contributed by atoms with Gasteiger partial charge in [-0.3, -0.25) is 9.59 Å². The van der Waals surface area contributed by atoms with Gasteiger partial charge >= 0.3 is 12.0 Å². The second-order valence-corrected chi connectivity index (χ2v) is 9.46. The number of carbonyl (C=O) groups is 3. The summed E-state index contributed by atoms with van der Waals surface area (Å²) in [5.41, 5.74) is 3.23. The van der Waals surface area contributed by atoms with Crippen molar-refractivity contribution in [1.82, 2.24) is 0 Å². The Morgan fingerprint density at radius 3 is 2.35 bits per heavy atom. The Bertz CT molecular complexity index is 1310. The Morgan fingerprint density at radius 2 is 1.68 bits per heavy atom. The van der Waals surface area contributed by atoms with E-state index in [2.05, 4.69) is 10.6 Å². The number of urea groups is 1. The number of amides is 2. The van der Waals surface area contributed by atoms with E-state index < -0.39 is 17.4 Å². The van der Waals surface area contributed by atoms with E-state index >= 15 is 0 Å². The zero-order valence-corrected chi connectivity index (χ0v) is 19.8. The summed E-state index contributed by atoms with van der Waals surface area (Å²) < 4.78 is 0. The van der Waals surface area contributed by atoms with E-state index in [1.165, 1.54) is 0 Å². The van der Waals surface area contributed by atoms with Gasteiger partial charge in [-0.15, -0.1) is 0 Å². The first-order valence-corrected chi connectivity index (χ1v) is 11.4. The number of carboxylic acid groups (broad SMARTS) is 1. The first-order chi connectivity index (χ1) is 16.1. The van der Waals surface area contributed by atoms with Crippen molar-refractivity contribution in [3.63, 3.8) is 0 Å². The predicted molar refractivity (Wildman–Crippen MR) is 134 cm³/mol. The third kappa shape index (κ3) is 5.08. The van der Waals surface area contributed by atoms with Gasteiger partial charge in [0.05, 0.1) is 11.4 Å². The molecule has 0 saturated carbocycles. The fourth-order valence-corrected chi connectivity index (χ4v) is 4.71. The quantitative estimate of drug-likeness (QED) is 0.357. The number of aryl methyl sites for hydroxylation is 1. The van der Waals surface area contributed by atoms with Gasteiger partial charge in [0.15, 0.2) is 5.78 Å². The molecule has 0 bridgehead atoms. The summed E-state index contributed by atoms with van der Waals surface area (Å²) >= 11 is 12.5. The topological polar surface area (TPSA) is 95.5 Å². The van der Waals surface area contributed by atoms with Crippen LogP contribution in [-0.4, -0.2) is 22.9 Å². The minimum atomic E-state index is -0.974. The molecule has 1 aliphatic carbocycles. The summed E-state index contributed by atoms with van der Waals surface area (Å²) in [6.45, 7) is 1.71. The van der Waals surface area contributed by atoms with E-state index in [0.717, 1.165) is 16.7 Å². The number of hydrogen-bond acceptors (Lipinski definition) is 3. The Kier molecular flexibility index (Phi) is 6.64. The van der Waals surface area contributed by atoms with Gasteiger partial charge < -0.3 is 15.7 Å². The maximum atomic E-state index is 12.9. The minimum Gasteiger partial charge on any atom is -0.481 e. The van der Waals surface area contributed by atoms with Crippen LogP contribution in [0.1, 0.15) is 35.7 Å². The number of halogens is 2. The molecular weight excluding hydrogens is 475 g/mol. The lowest BCUT2D eigenvalue weighted by molar-refractivity contribution is -0.139. The molecule has 0 unspecified atom stereocenters. The summed E-state index contributed by atoms with van der Waals surface area (Å²) in [5.74, 6) is -1.11. The molecule has 0 fully saturated rings. The standard InChI is InChI=1S/C26H22Cl2N2O4/c1-26(14-23(31)32)10-9-16-11-15(5-7-21(16)24(26)33)20-8-6-19(13-22(20)28)30-25(34)29-18-4-2-3-17(27)12-18/h2-8,11-13H,9-10,14H2,1H3,(H,31,32)(H2,29,30,34)/t26-/m1/s1. The monoisotopic (exact) mass is 496 g/mol. The zero-order valence-electron chi connectivity index (χ0n) is 18.3. The molecule has 4 rings (SSSR count). The van der Waals surface area contributed by atoms with E-state index in [0.29, 0.717) is 39.8 Å². The van der Waals surface area contributed by atoms with E-state index in [1.807, 2.05) is 12.1 Å². The number of fused-ring (bicyclic) bond motifs is 1. The van der Waals surface area contributed by atoms with Crippen molar-refractivity contribution in [3.8, 4) is 11.1 Å². The maximum absolute atomic E-state index is 12.9. The van der Waals surface area contributed by atoms with Crippen molar-refractivity contribution < 1.29 is 19.5 Å². The average molecular weight is 497 g/mol. The highest BCUT2D eigenvalue weighted by Crippen LogP contribution is 2.40. The number of carboxylic acids is 1. The van der Waals surface area contributed by atoms with Crippen LogP contribution < -0.4 is 10.6 Å². The molecule has 6 nitrogen and oxygen atoms in total. The van der Waals surface area contributed by atoms with Crippen LogP contribution in [0, 0.1) is 5.41 Å². The third-order valence-corrected chi connectivity index (χ3v) is 6.55. The number of hydrogen-bond donors (Lipinski definition) is 3. The molecule has 3 N–H and O–H groups in total. The first kappa shape index (κ1) is 23.8. The van der Waals surface area contributed by atoms with Crippen LogP contribution in [0.2, 0.25) is 10.0 Å². The number of anilines is 2. The highest BCUT2D eigenvalue weighted by atomic mass is 35.5. The first-order valence-electron chi connectivity index (χ1n) is 10.7. The van der Waals surface area contributed by atoms with Crippen LogP contribution in [0.4, 0.5) is 16.2 Å². The SMILES string of the molecule is C[C@]1(CC(=O)O)CCc2cc(-c3ccc(NC(=O)Nc4cccc(Cl)c4)cc3Cl)ccc2C1=O. The second kappa shape index (κ2) is 9.49. The molecule has 34 heavy (non-hydrogen) atoms. The summed E-state index contributed by atoms with van der Waals surface area (Å²) in [7, 11) is 0. The van der Waals surface area contributed by atoms with Gasteiger partial charge in [-0.25, -0.2) is 4.79 Å². The lowest BCUT2D eigenvalue weighted by Crippen LogP contribution is -2.35. The van der Waals surface area contributed by atoms with Gasteiger partial charge in [0.25, 0.3) is 0 Å². The number of nitrogens with one attached hydrogen (secondary N) is 2. The molecule has 2 amide bonds. The van der Waals surface area contributed by atoms with Crippen LogP contribution in [0.5, 0.6) is 0 Å². The molecule has 8 heteroatoms. The number of aliphatic carboxylic acids is 1. The van der Waals surface area contributed by atoms with Gasteiger partial charge in [-0.1, -0.05) is 60.5 Å². The fourth-order valence-electron chi connectivity index (χ4n) is 4.23. The number of benzene rings is 3. The Labute approximate surface area is 206 Å². The lowest BCUT2D eigenvalue weighted by Gasteiger charge is -2.32. The molecular formula is C26H22Cl2N2O4. The second-order valence-electron chi connectivity index (χ2n) is 8.62. The Morgan fingerprint density at radius 1 is 0.971 bits per heavy atom. The van der Waals surface area contributed by atoms with Gasteiger partial charge in [-0.2, -0.15) is 0 Å². The van der Waals surface area contributed by atoms with Crippen LogP contribution >= 0.6 is 23.2 Å². The van der Waals surface area contributed by atoms with E-state index in [1.54, 1.807) is 55.5 Å². The number of rotatable bonds is 5. The molecule has 3 aromatic carbocycles. The average Bonchev–Trinajstić information content (AvgIpc) is 2.76. The van der Waals surface area contributed by atoms with Gasteiger partial charge in [0.1, 0.15) is 0 Å². The summed E-state index contributed by atoms with van der Waals surface area (Å²) in [6.07, 6.45) is 0.907. The van der Waals surface area contributed by atoms with Crippen molar-refractivity contribution in [1.29, 1.82) is 0 Å². The van der Waals surface area contributed by atoms with Crippen molar-refractivity contribution in [3.05, 3.63) is 81.8 Å². The van der Waals surface area contributed by atoms with Crippen LogP contribution in [-0.2, 0) is 11.2 Å². The Balaban J connectivity index is 1.51. The molecule has 1 atom stereocenters. The minimum absolute atomic E-state index is 0.140. The van der Waals surface area contributed by atoms with Gasteiger partial charge in [-0.05, 0) is 54.3 Å². The number of ketones is 1. The van der Waals surface area contributed by atoms with Crippen molar-refractivity contribution >= 4 is 52.4 Å². The van der Waals surface area contributed by atoms with Crippen LogP contribution in [0.25, 0.3) is 11.1 Å². The highest BCUT2D eigenvalue weighted by Gasteiger charge is 2.40. The molecule has 0 aromatic heterocycles. The fraction of sp³-hybridized carbons (Fsp3) is 0.192. The smallest absolute Gasteiger partial charge is 0.323 e. The van der Waals surface area contributed by atoms with Crippen molar-refractivity contribution in [2.24, 2.45) is 5.41 Å². The maximum Gasteiger partial charge on any atom is 0.323 e. The Hall–Kier alpha value is -3.35. The molecule has 0 spiro atoms. The summed E-state index contributed by atoms with van der Waals surface area (Å²) in [4.78, 5) is 36.4. The predicted octanol–water partition coefficient (Wildman–Crippen LogP) is 6.91. The highest BCUT2D eigenvalue weighted by molar-refractivity contribution is 6.33. The summed E-state index contributed by atoms with van der Waals surface area (Å²) in [6, 6.07) is 17.1. The van der Waals surface area contributed by atoms with E-state index in [9.17, 15) is 19.5 Å². The molecule has 3 aromatic rings. The molecule has 174 valence electrons. The van der Waals surface area contributed by atoms with Gasteiger partial charge in [0, 0.05) is 32.9 Å². The third-order valence-electron chi connectivity index (χ3n) is 6.01. The van der Waals surface area contributed by atoms with Gasteiger partial charge in [0.2, 0.25) is 0 Å². The van der Waals surface area contributed by atoms with Crippen molar-refractivity contribution in [2.75, 3.05) is 10.6 Å². The largest absolute Gasteiger partial charge is 0.481 e. The van der Waals surface area contributed by atoms with Crippen LogP contribution in [0.15, 0.2) is 60.7 Å². The molecule has 1 aliphatic rings. The van der Waals surface area contributed by atoms with E-state index in [4.69, 9.17) is 23.2 Å². The summed E-state index contributed by atoms with van der Waals surface area (Å²) in [5, 5.41) is 15.6. The zero-order chi connectivity index (χ0) is 24.5. The van der Waals surface area contributed by atoms with E-state index in [-0.39, 0.29) is 12.2 Å². The normalized spacial score (nSPS) is 17.1. The molecule has 0 saturated heterocycles. The van der Waals surface area contributed by atoms with Crippen molar-refractivity contribution in [2.45, 2.75) is 26.2 Å². The van der Waals surface area contributed by atoms with Crippen LogP contribution in [0.3, 0.4) is 0 Å². The number of carbonyl (C=O) groups excluding carboxylic acids is 2. The lowest BCUT2D eigenvalue weighted by atomic mass is 9.69.